The van der Waals surface area contributed by atoms with Gasteiger partial charge in [-0.3, -0.25) is 4.79 Å². The third-order valence-electron chi connectivity index (χ3n) is 3.49. The quantitative estimate of drug-likeness (QED) is 0.855. The molecule has 0 saturated carbocycles. The summed E-state index contributed by atoms with van der Waals surface area (Å²) in [5, 5.41) is 5.33. The van der Waals surface area contributed by atoms with Gasteiger partial charge in [0.05, 0.1) is 10.6 Å². The molecule has 0 aromatic heterocycles. The fourth-order valence-electron chi connectivity index (χ4n) is 2.38. The van der Waals surface area contributed by atoms with Crippen molar-refractivity contribution >= 4 is 35.6 Å². The Hall–Kier alpha value is -0.980. The molecular weight excluding hydrogens is 340 g/mol. The van der Waals surface area contributed by atoms with Gasteiger partial charge in [-0.1, -0.05) is 11.6 Å². The molecule has 3 nitrogen and oxygen atoms in total. The molecule has 22 heavy (non-hydrogen) atoms. The van der Waals surface area contributed by atoms with Gasteiger partial charge >= 0.3 is 6.18 Å². The molecule has 2 rings (SSSR count). The normalized spacial score (nSPS) is 16.0. The molecule has 124 valence electrons. The van der Waals surface area contributed by atoms with E-state index in [0.717, 1.165) is 38.1 Å². The summed E-state index contributed by atoms with van der Waals surface area (Å²) in [7, 11) is 0. The molecule has 1 amide bonds. The Morgan fingerprint density at radius 2 is 1.95 bits per heavy atom. The Morgan fingerprint density at radius 1 is 1.32 bits per heavy atom. The van der Waals surface area contributed by atoms with Crippen molar-refractivity contribution < 1.29 is 18.0 Å². The lowest BCUT2D eigenvalue weighted by molar-refractivity contribution is -0.137. The van der Waals surface area contributed by atoms with Crippen LogP contribution in [0.5, 0.6) is 0 Å². The van der Waals surface area contributed by atoms with Crippen molar-refractivity contribution in [1.82, 2.24) is 5.32 Å². The second-order valence-electron chi connectivity index (χ2n) is 5.14. The molecule has 1 aromatic rings. The lowest BCUT2D eigenvalue weighted by atomic mass is 9.94. The van der Waals surface area contributed by atoms with E-state index in [1.165, 1.54) is 6.07 Å². The Kier molecular flexibility index (Phi) is 6.97. The van der Waals surface area contributed by atoms with E-state index >= 15 is 0 Å². The molecule has 1 aliphatic heterocycles. The van der Waals surface area contributed by atoms with Crippen molar-refractivity contribution in [1.29, 1.82) is 0 Å². The van der Waals surface area contributed by atoms with Crippen molar-refractivity contribution in [3.63, 3.8) is 0 Å². The first-order chi connectivity index (χ1) is 9.86. The maximum absolute atomic E-state index is 12.7. The minimum atomic E-state index is -4.53. The Labute approximate surface area is 138 Å². The van der Waals surface area contributed by atoms with Gasteiger partial charge < -0.3 is 10.6 Å². The monoisotopic (exact) mass is 356 g/mol. The summed E-state index contributed by atoms with van der Waals surface area (Å²) in [5.74, 6) is 0.0120. The summed E-state index contributed by atoms with van der Waals surface area (Å²) in [5.41, 5.74) is -0.825. The highest BCUT2D eigenvalue weighted by Crippen LogP contribution is 2.36. The molecule has 1 saturated heterocycles. The van der Waals surface area contributed by atoms with E-state index < -0.39 is 11.7 Å². The van der Waals surface area contributed by atoms with Crippen molar-refractivity contribution in [2.75, 3.05) is 18.4 Å². The Balaban J connectivity index is 0.00000242. The summed E-state index contributed by atoms with van der Waals surface area (Å²) < 4.78 is 38.2. The van der Waals surface area contributed by atoms with Crippen LogP contribution in [0.4, 0.5) is 18.9 Å². The minimum absolute atomic E-state index is 0. The van der Waals surface area contributed by atoms with Gasteiger partial charge in [0.15, 0.2) is 0 Å². The van der Waals surface area contributed by atoms with Crippen molar-refractivity contribution in [2.24, 2.45) is 5.92 Å². The second-order valence-corrected chi connectivity index (χ2v) is 5.55. The number of piperidine rings is 1. The molecule has 1 aliphatic rings. The van der Waals surface area contributed by atoms with Crippen LogP contribution < -0.4 is 10.6 Å². The zero-order valence-electron chi connectivity index (χ0n) is 11.7. The number of hydrogen-bond donors (Lipinski definition) is 2. The highest BCUT2D eigenvalue weighted by molar-refractivity contribution is 6.31. The fraction of sp³-hybridized carbons (Fsp3) is 0.500. The first-order valence-corrected chi connectivity index (χ1v) is 7.11. The molecule has 0 spiro atoms. The van der Waals surface area contributed by atoms with Gasteiger partial charge in [0.25, 0.3) is 0 Å². The van der Waals surface area contributed by atoms with Crippen LogP contribution in [0, 0.1) is 5.92 Å². The summed E-state index contributed by atoms with van der Waals surface area (Å²) in [6.07, 6.45) is -2.40. The van der Waals surface area contributed by atoms with Gasteiger partial charge in [0.2, 0.25) is 5.91 Å². The van der Waals surface area contributed by atoms with E-state index in [4.69, 9.17) is 11.6 Å². The minimum Gasteiger partial charge on any atom is -0.326 e. The number of rotatable bonds is 3. The number of amides is 1. The molecule has 0 radical (unpaired) electrons. The number of nitrogens with one attached hydrogen (secondary N) is 2. The van der Waals surface area contributed by atoms with Gasteiger partial charge in [-0.2, -0.15) is 13.2 Å². The van der Waals surface area contributed by atoms with Gasteiger partial charge in [-0.05, 0) is 50.0 Å². The van der Waals surface area contributed by atoms with Crippen molar-refractivity contribution in [3.8, 4) is 0 Å². The lowest BCUT2D eigenvalue weighted by Crippen LogP contribution is -2.30. The molecule has 1 aromatic carbocycles. The van der Waals surface area contributed by atoms with Gasteiger partial charge in [0, 0.05) is 12.1 Å². The number of carbonyl (C=O) groups excluding carboxylic acids is 1. The predicted octanol–water partition coefficient (Wildman–Crippen LogP) is 4.11. The lowest BCUT2D eigenvalue weighted by Gasteiger charge is -2.22. The molecule has 0 unspecified atom stereocenters. The largest absolute Gasteiger partial charge is 0.417 e. The number of anilines is 1. The highest BCUT2D eigenvalue weighted by Gasteiger charge is 2.33. The van der Waals surface area contributed by atoms with E-state index in [-0.39, 0.29) is 34.9 Å². The van der Waals surface area contributed by atoms with Crippen LogP contribution in [-0.2, 0) is 11.0 Å². The average Bonchev–Trinajstić information content (AvgIpc) is 2.41. The zero-order chi connectivity index (χ0) is 15.5. The molecule has 0 aliphatic carbocycles. The summed E-state index contributed by atoms with van der Waals surface area (Å²) in [6, 6.07) is 3.38. The molecule has 8 heteroatoms. The number of carbonyl (C=O) groups is 1. The topological polar surface area (TPSA) is 41.1 Å². The van der Waals surface area contributed by atoms with Crippen LogP contribution in [0.3, 0.4) is 0 Å². The molecule has 0 atom stereocenters. The van der Waals surface area contributed by atoms with Crippen LogP contribution in [0.15, 0.2) is 18.2 Å². The zero-order valence-corrected chi connectivity index (χ0v) is 13.2. The average molecular weight is 357 g/mol. The van der Waals surface area contributed by atoms with E-state index in [9.17, 15) is 18.0 Å². The van der Waals surface area contributed by atoms with Gasteiger partial charge in [-0.15, -0.1) is 12.4 Å². The number of benzene rings is 1. The first kappa shape index (κ1) is 19.1. The second kappa shape index (κ2) is 8.04. The van der Waals surface area contributed by atoms with Crippen molar-refractivity contribution in [3.05, 3.63) is 28.8 Å². The third-order valence-corrected chi connectivity index (χ3v) is 3.82. The maximum atomic E-state index is 12.7. The summed E-state index contributed by atoms with van der Waals surface area (Å²) >= 11 is 5.53. The SMILES string of the molecule is Cl.O=C(CC1CCNCC1)Nc1ccc(Cl)c(C(F)(F)F)c1. The maximum Gasteiger partial charge on any atom is 0.417 e. The molecule has 1 fully saturated rings. The number of hydrogen-bond acceptors (Lipinski definition) is 2. The van der Waals surface area contributed by atoms with Crippen LogP contribution in [0.25, 0.3) is 0 Å². The summed E-state index contributed by atoms with van der Waals surface area (Å²) in [4.78, 5) is 11.9. The van der Waals surface area contributed by atoms with Crippen LogP contribution in [0.2, 0.25) is 5.02 Å². The Bertz CT molecular complexity index is 517. The van der Waals surface area contributed by atoms with E-state index in [2.05, 4.69) is 10.6 Å². The first-order valence-electron chi connectivity index (χ1n) is 6.73. The van der Waals surface area contributed by atoms with Crippen molar-refractivity contribution in [2.45, 2.75) is 25.4 Å². The molecule has 1 heterocycles. The summed E-state index contributed by atoms with van der Waals surface area (Å²) in [6.45, 7) is 1.74. The third kappa shape index (κ3) is 5.34. The van der Waals surface area contributed by atoms with Gasteiger partial charge in [-0.25, -0.2) is 0 Å². The van der Waals surface area contributed by atoms with Crippen LogP contribution in [0.1, 0.15) is 24.8 Å². The smallest absolute Gasteiger partial charge is 0.326 e. The van der Waals surface area contributed by atoms with E-state index in [0.29, 0.717) is 6.42 Å². The Morgan fingerprint density at radius 3 is 2.55 bits per heavy atom. The molecular formula is C14H17Cl2F3N2O. The van der Waals surface area contributed by atoms with Crippen LogP contribution in [-0.4, -0.2) is 19.0 Å². The molecule has 0 bridgehead atoms. The standard InChI is InChI=1S/C14H16ClF3N2O.ClH/c15-12-2-1-10(8-11(12)14(16,17)18)20-13(21)7-9-3-5-19-6-4-9;/h1-2,8-9,19H,3-7H2,(H,20,21);1H. The number of halogens is 5. The highest BCUT2D eigenvalue weighted by atomic mass is 35.5. The number of alkyl halides is 3. The fourth-order valence-corrected chi connectivity index (χ4v) is 2.60. The van der Waals surface area contributed by atoms with Crippen LogP contribution >= 0.6 is 24.0 Å². The van der Waals surface area contributed by atoms with Gasteiger partial charge in [0.1, 0.15) is 0 Å². The van der Waals surface area contributed by atoms with E-state index in [1.54, 1.807) is 0 Å². The van der Waals surface area contributed by atoms with E-state index in [1.807, 2.05) is 0 Å². The predicted molar refractivity (Wildman–Crippen MR) is 82.5 cm³/mol. The molecule has 2 N–H and O–H groups in total.